The highest BCUT2D eigenvalue weighted by Gasteiger charge is 2.33. The number of nitrogens with zero attached hydrogens (tertiary/aromatic N) is 4. The maximum atomic E-state index is 14.6. The highest BCUT2D eigenvalue weighted by molar-refractivity contribution is 7.90. The third-order valence-corrected chi connectivity index (χ3v) is 20.0. The molecule has 7 rings (SSSR count). The van der Waals surface area contributed by atoms with E-state index in [0.29, 0.717) is 0 Å². The number of aryl methyl sites for hydroxylation is 4. The number of hydrogen-bond acceptors (Lipinski definition) is 8. The molecule has 16 heteroatoms. The zero-order chi connectivity index (χ0) is 46.8. The molecule has 0 fully saturated rings. The van der Waals surface area contributed by atoms with Crippen molar-refractivity contribution < 1.29 is 33.7 Å². The normalized spacial score (nSPS) is 16.7. The number of fused-ring (bicyclic) bond motifs is 15. The van der Waals surface area contributed by atoms with Crippen molar-refractivity contribution in [3.8, 4) is 0 Å². The molecule has 0 aromatic heterocycles. The van der Waals surface area contributed by atoms with Gasteiger partial charge in [0.25, 0.3) is 0 Å². The van der Waals surface area contributed by atoms with Crippen LogP contribution in [-0.4, -0.2) is 90.2 Å². The fourth-order valence-electron chi connectivity index (χ4n) is 8.07. The van der Waals surface area contributed by atoms with Crippen molar-refractivity contribution in [2.75, 3.05) is 39.3 Å². The topological polar surface area (TPSA) is 150 Å². The van der Waals surface area contributed by atoms with Crippen molar-refractivity contribution >= 4 is 40.1 Å². The van der Waals surface area contributed by atoms with Crippen molar-refractivity contribution in [1.29, 1.82) is 0 Å². The number of rotatable bonds is 8. The van der Waals surface area contributed by atoms with E-state index in [4.69, 9.17) is 0 Å². The lowest BCUT2D eigenvalue weighted by Crippen LogP contribution is -2.43. The summed E-state index contributed by atoms with van der Waals surface area (Å²) < 4.78 is 122. The van der Waals surface area contributed by atoms with Crippen molar-refractivity contribution in [2.45, 2.75) is 101 Å². The van der Waals surface area contributed by atoms with Gasteiger partial charge in [-0.05, 0) is 150 Å². The minimum atomic E-state index is -4.23. The fourth-order valence-corrected chi connectivity index (χ4v) is 13.9. The summed E-state index contributed by atoms with van der Waals surface area (Å²) in [4.78, 5) is 0.232. The first-order valence-corrected chi connectivity index (χ1v) is 27.2. The van der Waals surface area contributed by atoms with E-state index in [9.17, 15) is 33.7 Å². The van der Waals surface area contributed by atoms with E-state index in [1.165, 1.54) is 41.5 Å². The lowest BCUT2D eigenvalue weighted by molar-refractivity contribution is 0.313. The second-order valence-electron chi connectivity index (χ2n) is 16.9. The van der Waals surface area contributed by atoms with E-state index in [-0.39, 0.29) is 84.8 Å². The molecule has 0 amide bonds. The van der Waals surface area contributed by atoms with Gasteiger partial charge in [-0.3, -0.25) is 0 Å². The van der Waals surface area contributed by atoms with Crippen LogP contribution in [0.1, 0.15) is 68.5 Å². The molecule has 0 radical (unpaired) electrons. The van der Waals surface area contributed by atoms with Crippen LogP contribution in [0, 0.1) is 55.4 Å². The molecule has 344 valence electrons. The van der Waals surface area contributed by atoms with Crippen molar-refractivity contribution in [1.82, 2.24) is 17.2 Å². The van der Waals surface area contributed by atoms with Gasteiger partial charge >= 0.3 is 0 Å². The van der Waals surface area contributed by atoms with Gasteiger partial charge in [-0.1, -0.05) is 70.8 Å². The Balaban J connectivity index is 1.52. The second kappa shape index (κ2) is 19.7. The summed E-state index contributed by atoms with van der Waals surface area (Å²) in [5, 5.41) is 0. The van der Waals surface area contributed by atoms with Gasteiger partial charge in [0.15, 0.2) is 0 Å². The van der Waals surface area contributed by atoms with E-state index < -0.39 is 40.1 Å². The molecule has 2 heterocycles. The molecular weight excluding hydrogens is 889 g/mol. The largest absolute Gasteiger partial charge is 0.243 e. The van der Waals surface area contributed by atoms with Gasteiger partial charge in [0.05, 0.1) is 19.6 Å². The Hall–Kier alpha value is -4.26. The van der Waals surface area contributed by atoms with Crippen molar-refractivity contribution in [3.63, 3.8) is 0 Å². The predicted octanol–water partition coefficient (Wildman–Crippen LogP) is 7.71. The second-order valence-corrected chi connectivity index (χ2v) is 24.7. The molecule has 0 saturated heterocycles. The summed E-state index contributed by atoms with van der Waals surface area (Å²) in [6.45, 7) is 14.2. The van der Waals surface area contributed by atoms with Crippen LogP contribution in [0.4, 0.5) is 0 Å². The number of sulfonamides is 4. The quantitative estimate of drug-likeness (QED) is 0.154. The molecule has 2 bridgehead atoms. The molecule has 0 atom stereocenters. The van der Waals surface area contributed by atoms with Crippen LogP contribution in [-0.2, 0) is 53.2 Å². The Bertz CT molecular complexity index is 2690. The molecule has 12 nitrogen and oxygen atoms in total. The van der Waals surface area contributed by atoms with Crippen molar-refractivity contribution in [2.24, 2.45) is 0 Å². The summed E-state index contributed by atoms with van der Waals surface area (Å²) in [5.41, 5.74) is 8.31. The van der Waals surface area contributed by atoms with Crippen LogP contribution in [0.5, 0.6) is 0 Å². The molecule has 0 unspecified atom stereocenters. The standard InChI is InChI=1S/C48H60N4O8S4/c1-35-11-19-43(20-12-35)61(53,54)49-27-9-29-51(63(57,58)45-23-15-37(3)16-24-45)33-47-39(5)41(7)48(42(8)40(47)6)34-52(64(59,60)46-25-17-38(4)18-26-46)30-10-28-50(32-31-49)62(55,56)44-21-13-36(2)14-22-44/h11-26H,9-10,27-34H2,1-8H3. The highest BCUT2D eigenvalue weighted by atomic mass is 32.2. The Morgan fingerprint density at radius 1 is 0.297 bits per heavy atom. The van der Waals surface area contributed by atoms with Crippen LogP contribution < -0.4 is 0 Å². The van der Waals surface area contributed by atoms with Crippen molar-refractivity contribution in [3.05, 3.63) is 153 Å². The third kappa shape index (κ3) is 10.5. The first kappa shape index (κ1) is 49.2. The van der Waals surface area contributed by atoms with Gasteiger partial charge in [-0.15, -0.1) is 0 Å². The zero-order valence-electron chi connectivity index (χ0n) is 38.0. The van der Waals surface area contributed by atoms with Gasteiger partial charge in [-0.2, -0.15) is 17.2 Å². The van der Waals surface area contributed by atoms with E-state index in [1.54, 1.807) is 72.8 Å². The van der Waals surface area contributed by atoms with Crippen LogP contribution in [0.25, 0.3) is 0 Å². The lowest BCUT2D eigenvalue weighted by Gasteiger charge is -2.31. The number of hydrogen-bond donors (Lipinski definition) is 0. The maximum Gasteiger partial charge on any atom is 0.243 e. The first-order valence-electron chi connectivity index (χ1n) is 21.4. The number of benzene rings is 5. The van der Waals surface area contributed by atoms with Gasteiger partial charge in [0.1, 0.15) is 0 Å². The molecule has 0 aliphatic carbocycles. The summed E-state index contributed by atoms with van der Waals surface area (Å²) in [6.07, 6.45) is 0.196. The van der Waals surface area contributed by atoms with Gasteiger partial charge < -0.3 is 0 Å². The SMILES string of the molecule is Cc1ccc(S(=O)(=O)N2CCCN(S(=O)(=O)c3ccc(C)cc3)Cc3c(C)c(C)c(c(C)c3C)CN(S(=O)(=O)c3ccc(C)cc3)CCCN(S(=O)(=O)c3ccc(C)cc3)CC2)cc1. The molecule has 64 heavy (non-hydrogen) atoms. The first-order chi connectivity index (χ1) is 30.0. The summed E-state index contributed by atoms with van der Waals surface area (Å²) in [5.74, 6) is 0. The van der Waals surface area contributed by atoms with E-state index >= 15 is 0 Å². The van der Waals surface area contributed by atoms with E-state index in [0.717, 1.165) is 55.6 Å². The molecule has 0 spiro atoms. The molecule has 0 N–H and O–H groups in total. The molecular formula is C48H60N4O8S4. The maximum absolute atomic E-state index is 14.6. The minimum absolute atomic E-state index is 0.0193. The van der Waals surface area contributed by atoms with Crippen LogP contribution in [0.3, 0.4) is 0 Å². The average molecular weight is 949 g/mol. The molecule has 0 saturated carbocycles. The summed E-state index contributed by atoms with van der Waals surface area (Å²) in [6, 6.07) is 26.0. The Morgan fingerprint density at radius 2 is 0.500 bits per heavy atom. The van der Waals surface area contributed by atoms with Crippen LogP contribution in [0.15, 0.2) is 117 Å². The van der Waals surface area contributed by atoms with E-state index in [1.807, 2.05) is 55.4 Å². The smallest absolute Gasteiger partial charge is 0.207 e. The molecule has 5 aromatic rings. The molecule has 5 aromatic carbocycles. The third-order valence-electron chi connectivity index (χ3n) is 12.5. The predicted molar refractivity (Wildman–Crippen MR) is 252 cm³/mol. The zero-order valence-corrected chi connectivity index (χ0v) is 41.3. The summed E-state index contributed by atoms with van der Waals surface area (Å²) in [7, 11) is -16.7. The minimum Gasteiger partial charge on any atom is -0.207 e. The molecule has 2 aliphatic rings. The lowest BCUT2D eigenvalue weighted by atomic mass is 9.88. The summed E-state index contributed by atoms with van der Waals surface area (Å²) >= 11 is 0. The van der Waals surface area contributed by atoms with Gasteiger partial charge in [0.2, 0.25) is 40.1 Å². The average Bonchev–Trinajstić information content (AvgIpc) is 3.25. The molecule has 2 aliphatic heterocycles. The van der Waals surface area contributed by atoms with E-state index in [2.05, 4.69) is 0 Å². The Labute approximate surface area is 381 Å². The highest BCUT2D eigenvalue weighted by Crippen LogP contribution is 2.33. The fraction of sp³-hybridized carbons (Fsp3) is 0.375. The monoisotopic (exact) mass is 948 g/mol. The van der Waals surface area contributed by atoms with Crippen LogP contribution in [0.2, 0.25) is 0 Å². The van der Waals surface area contributed by atoms with Gasteiger partial charge in [-0.25, -0.2) is 33.7 Å². The Kier molecular flexibility index (Phi) is 15.1. The van der Waals surface area contributed by atoms with Crippen LogP contribution >= 0.6 is 0 Å². The Morgan fingerprint density at radius 3 is 0.734 bits per heavy atom. The van der Waals surface area contributed by atoms with Gasteiger partial charge in [0, 0.05) is 52.4 Å².